The van der Waals surface area contributed by atoms with Crippen molar-refractivity contribution in [2.24, 2.45) is 0 Å². The topological polar surface area (TPSA) is 379 Å². The van der Waals surface area contributed by atoms with Crippen LogP contribution in [0.3, 0.4) is 0 Å². The van der Waals surface area contributed by atoms with Gasteiger partial charge in [0.15, 0.2) is 0 Å². The van der Waals surface area contributed by atoms with Crippen molar-refractivity contribution in [3.8, 4) is 0 Å². The van der Waals surface area contributed by atoms with Gasteiger partial charge in [0.05, 0.1) is 0 Å². The summed E-state index contributed by atoms with van der Waals surface area (Å²) in [5, 5.41) is 0. The van der Waals surface area contributed by atoms with Gasteiger partial charge in [0.2, 0.25) is 0 Å². The summed E-state index contributed by atoms with van der Waals surface area (Å²) >= 11 is 0. The molecule has 0 aromatic carbocycles. The van der Waals surface area contributed by atoms with Gasteiger partial charge >= 0.3 is 69.4 Å². The standard InChI is InChI=1S/3C6H16O6P2.4Al/c3*7-13(8,9)5-3-1-2-4-6-14(10,11)12;;;;/h3*1-6H2,(H2,7,8,9)(H2,10,11,12);;;;/q;;;4*+3/p-12. The smallest absolute Gasteiger partial charge is 0.811 e. The SMILES string of the molecule is O=P([O-])([O-])CCCCCCP(=O)([O-])[O-].O=P([O-])([O-])CCCCCCP(=O)([O-])[O-].O=P([O-])([O-])CCCCCCP(=O)([O-])[O-].[Al+3].[Al+3].[Al+3].[Al+3]. The molecule has 0 radical (unpaired) electrons. The van der Waals surface area contributed by atoms with Crippen LogP contribution in [0.15, 0.2) is 0 Å². The average Bonchev–Trinajstić information content (AvgIpc) is 2.72. The molecule has 0 N–H and O–H groups in total. The number of hydrogen-bond acceptors (Lipinski definition) is 18. The molecule has 0 atom stereocenters. The normalized spacial score (nSPS) is 12.0. The van der Waals surface area contributed by atoms with Gasteiger partial charge in [-0.2, -0.15) is 0 Å². The summed E-state index contributed by atoms with van der Waals surface area (Å²) in [5.41, 5.74) is 0. The second-order valence-corrected chi connectivity index (χ2v) is 19.3. The molecule has 0 saturated carbocycles. The van der Waals surface area contributed by atoms with Crippen molar-refractivity contribution < 1.29 is 86.1 Å². The van der Waals surface area contributed by atoms with E-state index < -0.39 is 82.5 Å². The maximum Gasteiger partial charge on any atom is 3.00 e. The first kappa shape index (κ1) is 64.0. The Morgan fingerprint density at radius 3 is 0.370 bits per heavy atom. The molecule has 0 fully saturated rings. The summed E-state index contributed by atoms with van der Waals surface area (Å²) in [7, 11) is -26.6. The Morgan fingerprint density at radius 2 is 0.304 bits per heavy atom. The molecule has 0 amide bonds. The molecule has 0 aliphatic heterocycles. The van der Waals surface area contributed by atoms with Gasteiger partial charge in [-0.1, -0.05) is 84.1 Å². The van der Waals surface area contributed by atoms with Crippen LogP contribution in [0.4, 0.5) is 0 Å². The zero-order valence-corrected chi connectivity index (χ0v) is 35.1. The van der Waals surface area contributed by atoms with Crippen molar-refractivity contribution in [1.82, 2.24) is 0 Å². The number of hydrogen-bond donors (Lipinski definition) is 0. The molecular formula is C18H36Al4O18P6. The van der Waals surface area contributed by atoms with E-state index in [1.54, 1.807) is 0 Å². The van der Waals surface area contributed by atoms with E-state index in [0.717, 1.165) is 0 Å². The fraction of sp³-hybridized carbons (Fsp3) is 1.00. The molecular weight excluding hydrogens is 798 g/mol. The van der Waals surface area contributed by atoms with Gasteiger partial charge in [-0.05, 0) is 75.5 Å². The molecule has 0 rings (SSSR count). The Bertz CT molecular complexity index is 787. The van der Waals surface area contributed by atoms with Crippen LogP contribution in [-0.4, -0.2) is 106 Å². The fourth-order valence-electron chi connectivity index (χ4n) is 2.89. The summed E-state index contributed by atoms with van der Waals surface area (Å²) in [6, 6.07) is 0. The molecule has 0 saturated heterocycles. The molecule has 0 aromatic heterocycles. The predicted molar refractivity (Wildman–Crippen MR) is 153 cm³/mol. The van der Waals surface area contributed by atoms with E-state index >= 15 is 0 Å². The van der Waals surface area contributed by atoms with Gasteiger partial charge in [-0.25, -0.2) is 0 Å². The maximum atomic E-state index is 10.2. The first-order valence-electron chi connectivity index (χ1n) is 12.7. The second kappa shape index (κ2) is 32.7. The molecule has 258 valence electrons. The molecule has 0 bridgehead atoms. The summed E-state index contributed by atoms with van der Waals surface area (Å²) in [4.78, 5) is 122. The van der Waals surface area contributed by atoms with Crippen LogP contribution in [0.5, 0.6) is 0 Å². The minimum Gasteiger partial charge on any atom is -0.811 e. The first-order valence-corrected chi connectivity index (χ1v) is 23.1. The quantitative estimate of drug-likeness (QED) is 0.0589. The van der Waals surface area contributed by atoms with E-state index in [1.165, 1.54) is 0 Å². The van der Waals surface area contributed by atoms with Crippen molar-refractivity contribution in [1.29, 1.82) is 0 Å². The van der Waals surface area contributed by atoms with Gasteiger partial charge in [-0.3, -0.25) is 0 Å². The second-order valence-electron chi connectivity index (χ2n) is 9.25. The van der Waals surface area contributed by atoms with Crippen molar-refractivity contribution in [3.05, 3.63) is 0 Å². The van der Waals surface area contributed by atoms with E-state index in [1.807, 2.05) is 0 Å². The van der Waals surface area contributed by atoms with Crippen molar-refractivity contribution in [3.63, 3.8) is 0 Å². The molecule has 0 aliphatic carbocycles. The minimum absolute atomic E-state index is 0. The molecule has 0 unspecified atom stereocenters. The number of unbranched alkanes of at least 4 members (excludes halogenated alkanes) is 9. The summed E-state index contributed by atoms with van der Waals surface area (Å²) in [6.45, 7) is 0. The van der Waals surface area contributed by atoms with Crippen LogP contribution in [0.25, 0.3) is 0 Å². The fourth-order valence-corrected chi connectivity index (χ4v) is 6.56. The van der Waals surface area contributed by atoms with E-state index in [9.17, 15) is 86.1 Å². The van der Waals surface area contributed by atoms with Gasteiger partial charge in [-0.15, -0.1) is 0 Å². The van der Waals surface area contributed by atoms with E-state index in [2.05, 4.69) is 0 Å². The predicted octanol–water partition coefficient (Wildman–Crippen LogP) is -6.40. The van der Waals surface area contributed by atoms with Crippen LogP contribution < -0.4 is 58.7 Å². The number of rotatable bonds is 21. The Labute approximate surface area is 313 Å². The van der Waals surface area contributed by atoms with E-state index in [0.29, 0.717) is 38.5 Å². The molecule has 0 aliphatic rings. The van der Waals surface area contributed by atoms with Crippen LogP contribution >= 0.6 is 45.6 Å². The van der Waals surface area contributed by atoms with Crippen molar-refractivity contribution in [2.75, 3.05) is 37.0 Å². The van der Waals surface area contributed by atoms with Crippen LogP contribution in [0.1, 0.15) is 77.0 Å². The Hall–Kier alpha value is 3.03. The van der Waals surface area contributed by atoms with Gasteiger partial charge in [0.1, 0.15) is 0 Å². The van der Waals surface area contributed by atoms with E-state index in [-0.39, 0.29) is 108 Å². The third-order valence-electron chi connectivity index (χ3n) is 4.84. The van der Waals surface area contributed by atoms with Gasteiger partial charge in [0, 0.05) is 0 Å². The van der Waals surface area contributed by atoms with E-state index in [4.69, 9.17) is 0 Å². The van der Waals surface area contributed by atoms with Crippen LogP contribution in [-0.2, 0) is 27.4 Å². The third kappa shape index (κ3) is 76.8. The summed E-state index contributed by atoms with van der Waals surface area (Å²) < 4.78 is 60.9. The monoisotopic (exact) mass is 834 g/mol. The Kier molecular flexibility index (Phi) is 45.5. The van der Waals surface area contributed by atoms with Crippen LogP contribution in [0, 0.1) is 0 Å². The zero-order chi connectivity index (χ0) is 33.7. The molecule has 28 heteroatoms. The Balaban J connectivity index is -0.0000000951. The molecule has 0 aromatic rings. The molecule has 0 spiro atoms. The van der Waals surface area contributed by atoms with Crippen molar-refractivity contribution >= 4 is 115 Å². The largest absolute Gasteiger partial charge is 3.00 e. The van der Waals surface area contributed by atoms with Gasteiger partial charge in [0.25, 0.3) is 0 Å². The average molecular weight is 834 g/mol. The van der Waals surface area contributed by atoms with Crippen LogP contribution in [0.2, 0.25) is 0 Å². The maximum absolute atomic E-state index is 10.2. The minimum atomic E-state index is -4.43. The molecule has 46 heavy (non-hydrogen) atoms. The Morgan fingerprint density at radius 1 is 0.217 bits per heavy atom. The molecule has 18 nitrogen and oxygen atoms in total. The summed E-state index contributed by atoms with van der Waals surface area (Å²) in [6.07, 6.45) is 1.67. The van der Waals surface area contributed by atoms with Gasteiger partial charge < -0.3 is 86.1 Å². The first-order chi connectivity index (χ1) is 18.6. The molecule has 0 heterocycles. The third-order valence-corrected chi connectivity index (χ3v) is 10.0. The van der Waals surface area contributed by atoms with Crippen molar-refractivity contribution in [2.45, 2.75) is 77.0 Å². The zero-order valence-electron chi connectivity index (χ0n) is 25.1. The summed E-state index contributed by atoms with van der Waals surface area (Å²) in [5.74, 6) is 0.